The summed E-state index contributed by atoms with van der Waals surface area (Å²) < 4.78 is 1.31. The van der Waals surface area contributed by atoms with E-state index in [1.807, 2.05) is 18.7 Å². The van der Waals surface area contributed by atoms with E-state index >= 15 is 0 Å². The number of thiazole rings is 1. The normalized spacial score (nSPS) is 16.8. The van der Waals surface area contributed by atoms with Crippen molar-refractivity contribution in [2.24, 2.45) is 5.92 Å². The summed E-state index contributed by atoms with van der Waals surface area (Å²) in [4.78, 5) is 4.18. The van der Waals surface area contributed by atoms with Crippen molar-refractivity contribution in [3.05, 3.63) is 5.69 Å². The lowest BCUT2D eigenvalue weighted by molar-refractivity contribution is 1.000. The second kappa shape index (κ2) is 3.26. The van der Waals surface area contributed by atoms with Crippen LogP contribution in [0.15, 0.2) is 4.21 Å². The van der Waals surface area contributed by atoms with Crippen molar-refractivity contribution in [3.63, 3.8) is 0 Å². The van der Waals surface area contributed by atoms with E-state index in [-0.39, 0.29) is 0 Å². The average Bonchev–Trinajstić information content (AvgIpc) is 2.76. The Balaban J connectivity index is 1.96. The Morgan fingerprint density at radius 2 is 2.42 bits per heavy atom. The monoisotopic (exact) mass is 200 g/mol. The molecule has 0 amide bonds. The van der Waals surface area contributed by atoms with Gasteiger partial charge in [0.25, 0.3) is 0 Å². The zero-order valence-electron chi connectivity index (χ0n) is 7.04. The molecule has 0 radical (unpaired) electrons. The molecular formula is C8H12N2S2. The van der Waals surface area contributed by atoms with E-state index in [2.05, 4.69) is 4.98 Å². The average molecular weight is 200 g/mol. The Morgan fingerprint density at radius 1 is 1.67 bits per heavy atom. The molecule has 0 aromatic carbocycles. The van der Waals surface area contributed by atoms with E-state index in [4.69, 9.17) is 5.73 Å². The van der Waals surface area contributed by atoms with Crippen molar-refractivity contribution in [2.45, 2.75) is 24.0 Å². The fraction of sp³-hybridized carbons (Fsp3) is 0.625. The molecule has 0 atom stereocenters. The van der Waals surface area contributed by atoms with Crippen LogP contribution in [0.3, 0.4) is 0 Å². The summed E-state index contributed by atoms with van der Waals surface area (Å²) in [5.74, 6) is 2.22. The Morgan fingerprint density at radius 3 is 2.92 bits per heavy atom. The van der Waals surface area contributed by atoms with Crippen molar-refractivity contribution in [1.29, 1.82) is 0 Å². The fourth-order valence-electron chi connectivity index (χ4n) is 1.01. The van der Waals surface area contributed by atoms with Gasteiger partial charge < -0.3 is 5.73 Å². The topological polar surface area (TPSA) is 38.9 Å². The van der Waals surface area contributed by atoms with Gasteiger partial charge >= 0.3 is 0 Å². The molecular weight excluding hydrogens is 188 g/mol. The molecule has 1 aromatic rings. The Labute approximate surface area is 80.6 Å². The summed E-state index contributed by atoms with van der Waals surface area (Å²) >= 11 is 3.53. The number of aryl methyl sites for hydroxylation is 1. The molecule has 0 bridgehead atoms. The van der Waals surface area contributed by atoms with Gasteiger partial charge in [-0.15, -0.1) is 11.8 Å². The van der Waals surface area contributed by atoms with Gasteiger partial charge in [0.05, 0.1) is 9.90 Å². The number of nitrogens with zero attached hydrogens (tertiary/aromatic N) is 1. The molecule has 1 fully saturated rings. The molecule has 1 heterocycles. The molecule has 2 rings (SSSR count). The first-order chi connectivity index (χ1) is 5.75. The molecule has 0 spiro atoms. The molecule has 1 saturated carbocycles. The van der Waals surface area contributed by atoms with Crippen molar-refractivity contribution in [2.75, 3.05) is 11.5 Å². The van der Waals surface area contributed by atoms with E-state index in [0.29, 0.717) is 5.13 Å². The van der Waals surface area contributed by atoms with Crippen LogP contribution in [0.5, 0.6) is 0 Å². The summed E-state index contributed by atoms with van der Waals surface area (Å²) in [5.41, 5.74) is 6.70. The van der Waals surface area contributed by atoms with Crippen LogP contribution in [-0.4, -0.2) is 10.7 Å². The Hall–Kier alpha value is -0.220. The first kappa shape index (κ1) is 8.38. The van der Waals surface area contributed by atoms with Crippen LogP contribution in [-0.2, 0) is 0 Å². The number of hydrogen-bond donors (Lipinski definition) is 1. The lowest BCUT2D eigenvalue weighted by atomic mass is 10.5. The summed E-state index contributed by atoms with van der Waals surface area (Å²) in [5, 5.41) is 0.700. The van der Waals surface area contributed by atoms with E-state index < -0.39 is 0 Å². The van der Waals surface area contributed by atoms with Gasteiger partial charge in [-0.2, -0.15) is 0 Å². The summed E-state index contributed by atoms with van der Waals surface area (Å²) in [6.07, 6.45) is 2.83. The third kappa shape index (κ3) is 1.93. The molecule has 66 valence electrons. The third-order valence-electron chi connectivity index (χ3n) is 1.92. The van der Waals surface area contributed by atoms with Gasteiger partial charge in [0.15, 0.2) is 5.13 Å². The number of aromatic nitrogens is 1. The molecule has 0 saturated heterocycles. The van der Waals surface area contributed by atoms with Crippen molar-refractivity contribution < 1.29 is 0 Å². The van der Waals surface area contributed by atoms with Gasteiger partial charge in [-0.25, -0.2) is 4.98 Å². The van der Waals surface area contributed by atoms with Gasteiger partial charge in [0.2, 0.25) is 0 Å². The lowest BCUT2D eigenvalue weighted by Crippen LogP contribution is -1.81. The highest BCUT2D eigenvalue weighted by Crippen LogP contribution is 2.38. The van der Waals surface area contributed by atoms with Crippen LogP contribution >= 0.6 is 23.1 Å². The van der Waals surface area contributed by atoms with Crippen LogP contribution in [0.25, 0.3) is 0 Å². The number of nitrogens with two attached hydrogens (primary N) is 1. The van der Waals surface area contributed by atoms with Gasteiger partial charge in [-0.1, -0.05) is 11.3 Å². The SMILES string of the molecule is Cc1nc(N)sc1SCC1CC1. The zero-order valence-corrected chi connectivity index (χ0v) is 8.67. The predicted molar refractivity (Wildman–Crippen MR) is 54.7 cm³/mol. The molecule has 4 heteroatoms. The van der Waals surface area contributed by atoms with Crippen LogP contribution in [0.1, 0.15) is 18.5 Å². The number of nitrogen functional groups attached to an aromatic ring is 1. The van der Waals surface area contributed by atoms with E-state index in [1.54, 1.807) is 11.3 Å². The predicted octanol–water partition coefficient (Wildman–Crippen LogP) is 2.54. The van der Waals surface area contributed by atoms with Crippen LogP contribution < -0.4 is 5.73 Å². The molecule has 2 N–H and O–H groups in total. The minimum atomic E-state index is 0.700. The van der Waals surface area contributed by atoms with Crippen molar-refractivity contribution in [1.82, 2.24) is 4.98 Å². The molecule has 0 aliphatic heterocycles. The second-order valence-corrected chi connectivity index (χ2v) is 5.50. The maximum Gasteiger partial charge on any atom is 0.181 e. The molecule has 0 unspecified atom stereocenters. The van der Waals surface area contributed by atoms with Crippen molar-refractivity contribution >= 4 is 28.2 Å². The molecule has 12 heavy (non-hydrogen) atoms. The molecule has 1 aromatic heterocycles. The number of anilines is 1. The second-order valence-electron chi connectivity index (χ2n) is 3.18. The quantitative estimate of drug-likeness (QED) is 0.762. The highest BCUT2D eigenvalue weighted by molar-refractivity contribution is 8.01. The minimum Gasteiger partial charge on any atom is -0.375 e. The first-order valence-electron chi connectivity index (χ1n) is 4.11. The standard InChI is InChI=1S/C8H12N2S2/c1-5-7(12-8(9)10-5)11-4-6-2-3-6/h6H,2-4H2,1H3,(H2,9,10). The van der Waals surface area contributed by atoms with E-state index in [1.165, 1.54) is 22.8 Å². The first-order valence-corrected chi connectivity index (χ1v) is 5.91. The summed E-state index contributed by atoms with van der Waals surface area (Å²) in [7, 11) is 0. The minimum absolute atomic E-state index is 0.700. The van der Waals surface area contributed by atoms with Crippen LogP contribution in [0.2, 0.25) is 0 Å². The number of thioether (sulfide) groups is 1. The van der Waals surface area contributed by atoms with Gasteiger partial charge in [0.1, 0.15) is 0 Å². The van der Waals surface area contributed by atoms with Crippen LogP contribution in [0, 0.1) is 12.8 Å². The Kier molecular flexibility index (Phi) is 2.28. The van der Waals surface area contributed by atoms with E-state index in [0.717, 1.165) is 11.6 Å². The summed E-state index contributed by atoms with van der Waals surface area (Å²) in [6.45, 7) is 2.03. The third-order valence-corrected chi connectivity index (χ3v) is 4.50. The number of hydrogen-bond acceptors (Lipinski definition) is 4. The largest absolute Gasteiger partial charge is 0.375 e. The molecule has 2 nitrogen and oxygen atoms in total. The van der Waals surface area contributed by atoms with Gasteiger partial charge in [0, 0.05) is 5.75 Å². The molecule has 1 aliphatic rings. The molecule has 1 aliphatic carbocycles. The van der Waals surface area contributed by atoms with Crippen molar-refractivity contribution in [3.8, 4) is 0 Å². The van der Waals surface area contributed by atoms with Gasteiger partial charge in [-0.05, 0) is 25.7 Å². The van der Waals surface area contributed by atoms with Crippen LogP contribution in [0.4, 0.5) is 5.13 Å². The van der Waals surface area contributed by atoms with E-state index in [9.17, 15) is 0 Å². The maximum absolute atomic E-state index is 5.60. The summed E-state index contributed by atoms with van der Waals surface area (Å²) in [6, 6.07) is 0. The maximum atomic E-state index is 5.60. The Bertz CT molecular complexity index is 279. The smallest absolute Gasteiger partial charge is 0.181 e. The van der Waals surface area contributed by atoms with Gasteiger partial charge in [-0.3, -0.25) is 0 Å². The lowest BCUT2D eigenvalue weighted by Gasteiger charge is -1.94. The zero-order chi connectivity index (χ0) is 8.55. The highest BCUT2D eigenvalue weighted by atomic mass is 32.2. The highest BCUT2D eigenvalue weighted by Gasteiger charge is 2.21. The fourth-order valence-corrected chi connectivity index (χ4v) is 3.25. The number of rotatable bonds is 3.